The van der Waals surface area contributed by atoms with Gasteiger partial charge in [0.2, 0.25) is 17.7 Å². The van der Waals surface area contributed by atoms with Crippen LogP contribution < -0.4 is 21.7 Å². The molecule has 0 bridgehead atoms. The van der Waals surface area contributed by atoms with Gasteiger partial charge in [-0.05, 0) is 65.0 Å². The van der Waals surface area contributed by atoms with Crippen LogP contribution in [0.15, 0.2) is 0 Å². The molecule has 0 aromatic heterocycles. The number of nitrogens with zero attached hydrogens (tertiary/aromatic N) is 1. The van der Waals surface area contributed by atoms with Gasteiger partial charge in [0.05, 0.1) is 6.04 Å². The van der Waals surface area contributed by atoms with E-state index >= 15 is 0 Å². The Morgan fingerprint density at radius 3 is 2.55 bits per heavy atom. The third-order valence-electron chi connectivity index (χ3n) is 5.51. The van der Waals surface area contributed by atoms with Crippen molar-refractivity contribution < 1.29 is 24.3 Å². The van der Waals surface area contributed by atoms with Crippen LogP contribution >= 0.6 is 0 Å². The molecule has 2 rings (SSSR count). The van der Waals surface area contributed by atoms with Gasteiger partial charge in [-0.2, -0.15) is 0 Å². The molecule has 2 saturated heterocycles. The number of carbonyl (C=O) groups excluding carboxylic acids is 3. The molecule has 4 unspecified atom stereocenters. The summed E-state index contributed by atoms with van der Waals surface area (Å²) in [5, 5.41) is 17.5. The number of aliphatic carboxylic acids is 1. The predicted octanol–water partition coefficient (Wildman–Crippen LogP) is -1.07. The Morgan fingerprint density at radius 1 is 1.17 bits per heavy atom. The summed E-state index contributed by atoms with van der Waals surface area (Å²) in [4.78, 5) is 50.6. The Kier molecular flexibility index (Phi) is 8.84. The van der Waals surface area contributed by atoms with Crippen molar-refractivity contribution in [3.05, 3.63) is 0 Å². The van der Waals surface area contributed by atoms with Crippen molar-refractivity contribution in [3.8, 4) is 0 Å². The second-order valence-corrected chi connectivity index (χ2v) is 7.75. The van der Waals surface area contributed by atoms with Crippen molar-refractivity contribution in [1.82, 2.24) is 20.9 Å². The molecule has 0 spiro atoms. The van der Waals surface area contributed by atoms with Crippen molar-refractivity contribution in [2.75, 3.05) is 19.6 Å². The van der Waals surface area contributed by atoms with Crippen LogP contribution in [-0.2, 0) is 19.2 Å². The highest BCUT2D eigenvalue weighted by atomic mass is 16.4. The lowest BCUT2D eigenvalue weighted by molar-refractivity contribution is -0.143. The Morgan fingerprint density at radius 2 is 1.93 bits per heavy atom. The van der Waals surface area contributed by atoms with Gasteiger partial charge in [-0.3, -0.25) is 14.4 Å². The number of carboxylic acid groups (broad SMARTS) is 1. The molecule has 10 heteroatoms. The lowest BCUT2D eigenvalue weighted by Gasteiger charge is -2.28. The van der Waals surface area contributed by atoms with Gasteiger partial charge >= 0.3 is 5.97 Å². The Labute approximate surface area is 170 Å². The maximum Gasteiger partial charge on any atom is 0.326 e. The van der Waals surface area contributed by atoms with Crippen LogP contribution in [0.1, 0.15) is 51.9 Å². The van der Waals surface area contributed by atoms with Crippen LogP contribution in [0.5, 0.6) is 0 Å². The van der Waals surface area contributed by atoms with Crippen molar-refractivity contribution in [1.29, 1.82) is 0 Å². The molecule has 0 aliphatic carbocycles. The van der Waals surface area contributed by atoms with Crippen molar-refractivity contribution in [3.63, 3.8) is 0 Å². The first kappa shape index (κ1) is 23.1. The zero-order chi connectivity index (χ0) is 21.4. The van der Waals surface area contributed by atoms with Crippen LogP contribution in [-0.4, -0.2) is 77.5 Å². The minimum absolute atomic E-state index is 0.0666. The van der Waals surface area contributed by atoms with E-state index in [1.54, 1.807) is 4.90 Å². The van der Waals surface area contributed by atoms with Crippen LogP contribution in [0.25, 0.3) is 0 Å². The Hall–Kier alpha value is -2.20. The molecule has 10 nitrogen and oxygen atoms in total. The average Bonchev–Trinajstić information content (AvgIpc) is 3.38. The molecule has 4 atom stereocenters. The summed E-state index contributed by atoms with van der Waals surface area (Å²) < 4.78 is 0. The van der Waals surface area contributed by atoms with Crippen molar-refractivity contribution in [2.24, 2.45) is 5.73 Å². The third-order valence-corrected chi connectivity index (χ3v) is 5.51. The third kappa shape index (κ3) is 6.40. The van der Waals surface area contributed by atoms with E-state index in [1.165, 1.54) is 6.92 Å². The zero-order valence-electron chi connectivity index (χ0n) is 17.0. The van der Waals surface area contributed by atoms with Gasteiger partial charge in [-0.1, -0.05) is 0 Å². The molecule has 2 fully saturated rings. The van der Waals surface area contributed by atoms with E-state index < -0.39 is 30.0 Å². The minimum Gasteiger partial charge on any atom is -0.480 e. The fourth-order valence-electron chi connectivity index (χ4n) is 3.82. The molecule has 164 valence electrons. The summed E-state index contributed by atoms with van der Waals surface area (Å²) in [6.07, 6.45) is 4.53. The molecule has 0 aromatic rings. The van der Waals surface area contributed by atoms with Crippen molar-refractivity contribution >= 4 is 23.7 Å². The highest BCUT2D eigenvalue weighted by Crippen LogP contribution is 2.21. The Bertz CT molecular complexity index is 608. The number of carbonyl (C=O) groups is 4. The lowest BCUT2D eigenvalue weighted by atomic mass is 10.1. The smallest absolute Gasteiger partial charge is 0.326 e. The van der Waals surface area contributed by atoms with Crippen LogP contribution in [0.4, 0.5) is 0 Å². The lowest BCUT2D eigenvalue weighted by Crippen LogP contribution is -2.55. The quantitative estimate of drug-likeness (QED) is 0.287. The Balaban J connectivity index is 1.88. The molecule has 2 heterocycles. The molecule has 2 aliphatic heterocycles. The minimum atomic E-state index is -1.12. The molecule has 29 heavy (non-hydrogen) atoms. The first-order chi connectivity index (χ1) is 13.8. The van der Waals surface area contributed by atoms with Gasteiger partial charge < -0.3 is 31.7 Å². The number of nitrogens with two attached hydrogens (primary N) is 1. The topological polar surface area (TPSA) is 154 Å². The molecule has 0 aromatic carbocycles. The molecule has 3 amide bonds. The zero-order valence-corrected chi connectivity index (χ0v) is 17.0. The molecule has 2 aliphatic rings. The van der Waals surface area contributed by atoms with Gasteiger partial charge in [-0.25, -0.2) is 4.79 Å². The van der Waals surface area contributed by atoms with Crippen LogP contribution in [0, 0.1) is 0 Å². The van der Waals surface area contributed by atoms with Crippen molar-refractivity contribution in [2.45, 2.75) is 76.0 Å². The van der Waals surface area contributed by atoms with Gasteiger partial charge in [0, 0.05) is 6.54 Å². The van der Waals surface area contributed by atoms with E-state index in [2.05, 4.69) is 16.0 Å². The second kappa shape index (κ2) is 11.1. The van der Waals surface area contributed by atoms with Gasteiger partial charge in [-0.15, -0.1) is 0 Å². The summed E-state index contributed by atoms with van der Waals surface area (Å²) in [6.45, 7) is 3.29. The summed E-state index contributed by atoms with van der Waals surface area (Å²) in [5.74, 6) is -2.13. The number of hydrogen-bond acceptors (Lipinski definition) is 6. The summed E-state index contributed by atoms with van der Waals surface area (Å²) in [5.41, 5.74) is 5.41. The number of nitrogens with one attached hydrogen (secondary N) is 3. The van der Waals surface area contributed by atoms with E-state index in [0.717, 1.165) is 25.8 Å². The maximum absolute atomic E-state index is 12.7. The fraction of sp³-hybridized carbons (Fsp3) is 0.789. The number of rotatable bonds is 10. The highest BCUT2D eigenvalue weighted by molar-refractivity contribution is 5.94. The summed E-state index contributed by atoms with van der Waals surface area (Å²) in [6, 6.07) is -2.76. The van der Waals surface area contributed by atoms with E-state index in [9.17, 15) is 24.3 Å². The number of carboxylic acids is 1. The van der Waals surface area contributed by atoms with Crippen LogP contribution in [0.3, 0.4) is 0 Å². The molecule has 6 N–H and O–H groups in total. The van der Waals surface area contributed by atoms with Crippen LogP contribution in [0.2, 0.25) is 0 Å². The van der Waals surface area contributed by atoms with Gasteiger partial charge in [0.25, 0.3) is 0 Å². The predicted molar refractivity (Wildman–Crippen MR) is 106 cm³/mol. The number of likely N-dealkylation sites (tertiary alicyclic amines) is 1. The number of hydrogen-bond donors (Lipinski definition) is 5. The summed E-state index contributed by atoms with van der Waals surface area (Å²) in [7, 11) is 0. The van der Waals surface area contributed by atoms with E-state index in [-0.39, 0.29) is 24.3 Å². The first-order valence-electron chi connectivity index (χ1n) is 10.4. The first-order valence-corrected chi connectivity index (χ1v) is 10.4. The standard InChI is InChI=1S/C19H33N5O5/c1-12(16(25)23-14(19(28)29)6-2-3-9-20)22-17(26)15-8-5-11-24(15)18(27)13-7-4-10-21-13/h12-15,21H,2-11,20H2,1H3,(H,22,26)(H,23,25)(H,28,29). The van der Waals surface area contributed by atoms with Gasteiger partial charge in [0.1, 0.15) is 18.1 Å². The fourth-order valence-corrected chi connectivity index (χ4v) is 3.82. The molecule has 0 radical (unpaired) electrons. The normalized spacial score (nSPS) is 23.4. The second-order valence-electron chi connectivity index (χ2n) is 7.75. The SMILES string of the molecule is CC(NC(=O)C1CCCN1C(=O)C1CCCN1)C(=O)NC(CCCCN)C(=O)O. The number of unbranched alkanes of at least 4 members (excludes halogenated alkanes) is 1. The number of amides is 3. The highest BCUT2D eigenvalue weighted by Gasteiger charge is 2.38. The maximum atomic E-state index is 12.7. The van der Waals surface area contributed by atoms with E-state index in [4.69, 9.17) is 5.73 Å². The van der Waals surface area contributed by atoms with Gasteiger partial charge in [0.15, 0.2) is 0 Å². The molecule has 0 saturated carbocycles. The monoisotopic (exact) mass is 411 g/mol. The summed E-state index contributed by atoms with van der Waals surface area (Å²) >= 11 is 0. The largest absolute Gasteiger partial charge is 0.480 e. The van der Waals surface area contributed by atoms with E-state index in [0.29, 0.717) is 32.4 Å². The molecular weight excluding hydrogens is 378 g/mol. The van der Waals surface area contributed by atoms with E-state index in [1.807, 2.05) is 0 Å². The average molecular weight is 412 g/mol. The molecular formula is C19H33N5O5.